The Bertz CT molecular complexity index is 349. The van der Waals surface area contributed by atoms with Gasteiger partial charge in [0.15, 0.2) is 0 Å². The van der Waals surface area contributed by atoms with Gasteiger partial charge < -0.3 is 5.73 Å². The molecule has 0 saturated heterocycles. The number of anilines is 1. The van der Waals surface area contributed by atoms with Crippen molar-refractivity contribution in [1.82, 2.24) is 4.98 Å². The lowest BCUT2D eigenvalue weighted by Crippen LogP contribution is -2.11. The Morgan fingerprint density at radius 1 is 1.50 bits per heavy atom. The minimum absolute atomic E-state index is 0.370. The van der Waals surface area contributed by atoms with E-state index >= 15 is 0 Å². The van der Waals surface area contributed by atoms with Crippen molar-refractivity contribution in [2.75, 3.05) is 5.73 Å². The number of nitrogen functional groups attached to an aromatic ring is 1. The number of hydrogen-bond donors (Lipinski definition) is 1. The molecule has 0 aliphatic heterocycles. The van der Waals surface area contributed by atoms with Crippen molar-refractivity contribution in [3.8, 4) is 0 Å². The molecule has 1 aliphatic rings. The van der Waals surface area contributed by atoms with Crippen LogP contribution in [-0.4, -0.2) is 9.81 Å². The van der Waals surface area contributed by atoms with Crippen LogP contribution in [0.5, 0.6) is 0 Å². The van der Waals surface area contributed by atoms with Crippen molar-refractivity contribution in [3.63, 3.8) is 0 Å². The summed E-state index contributed by atoms with van der Waals surface area (Å²) in [6, 6.07) is 3.78. The third-order valence-electron chi connectivity index (χ3n) is 2.49. The number of rotatable bonds is 1. The molecule has 2 N–H and O–H groups in total. The number of pyridine rings is 1. The lowest BCUT2D eigenvalue weighted by molar-refractivity contribution is 0.664. The summed E-state index contributed by atoms with van der Waals surface area (Å²) in [5, 5.41) is 0. The van der Waals surface area contributed by atoms with Gasteiger partial charge in [-0.3, -0.25) is 4.98 Å². The van der Waals surface area contributed by atoms with Gasteiger partial charge in [-0.15, -0.1) is 0 Å². The Balaban J connectivity index is 2.27. The number of halogens is 1. The first-order chi connectivity index (χ1) is 6.77. The van der Waals surface area contributed by atoms with Gasteiger partial charge in [-0.05, 0) is 25.0 Å². The van der Waals surface area contributed by atoms with E-state index in [2.05, 4.69) is 33.1 Å². The van der Waals surface area contributed by atoms with E-state index in [9.17, 15) is 0 Å². The zero-order valence-corrected chi connectivity index (χ0v) is 9.44. The summed E-state index contributed by atoms with van der Waals surface area (Å²) in [6.07, 6.45) is 8.39. The Morgan fingerprint density at radius 3 is 3.07 bits per heavy atom. The molecule has 14 heavy (non-hydrogen) atoms. The molecule has 0 bridgehead atoms. The Hall–Kier alpha value is -0.830. The van der Waals surface area contributed by atoms with Crippen molar-refractivity contribution in [3.05, 3.63) is 36.2 Å². The summed E-state index contributed by atoms with van der Waals surface area (Å²) in [5.41, 5.74) is 7.69. The van der Waals surface area contributed by atoms with Crippen molar-refractivity contribution >= 4 is 21.6 Å². The van der Waals surface area contributed by atoms with Crippen LogP contribution < -0.4 is 5.73 Å². The highest BCUT2D eigenvalue weighted by molar-refractivity contribution is 9.09. The highest BCUT2D eigenvalue weighted by atomic mass is 79.9. The van der Waals surface area contributed by atoms with Crippen LogP contribution >= 0.6 is 15.9 Å². The van der Waals surface area contributed by atoms with Crippen LogP contribution in [-0.2, 0) is 0 Å². The predicted molar refractivity (Wildman–Crippen MR) is 62.5 cm³/mol. The molecule has 2 rings (SSSR count). The first-order valence-electron chi connectivity index (χ1n) is 4.78. The fraction of sp³-hybridized carbons (Fsp3) is 0.364. The Kier molecular flexibility index (Phi) is 2.87. The smallest absolute Gasteiger partial charge is 0.0701 e. The molecule has 0 radical (unpaired) electrons. The summed E-state index contributed by atoms with van der Waals surface area (Å²) < 4.78 is 0. The van der Waals surface area contributed by atoms with E-state index in [0.29, 0.717) is 10.7 Å². The van der Waals surface area contributed by atoms with Crippen molar-refractivity contribution in [1.29, 1.82) is 0 Å². The summed E-state index contributed by atoms with van der Waals surface area (Å²) in [7, 11) is 0. The number of nitrogens with zero attached hydrogens (tertiary/aromatic N) is 1. The number of allylic oxidation sites excluding steroid dienone is 2. The van der Waals surface area contributed by atoms with Crippen LogP contribution in [0.15, 0.2) is 30.5 Å². The highest BCUT2D eigenvalue weighted by Crippen LogP contribution is 2.32. The van der Waals surface area contributed by atoms with E-state index in [0.717, 1.165) is 24.2 Å². The molecule has 1 aromatic heterocycles. The van der Waals surface area contributed by atoms with Gasteiger partial charge in [0.2, 0.25) is 0 Å². The van der Waals surface area contributed by atoms with Crippen molar-refractivity contribution in [2.24, 2.45) is 0 Å². The molecule has 1 heterocycles. The van der Waals surface area contributed by atoms with E-state index in [-0.39, 0.29) is 0 Å². The lowest BCUT2D eigenvalue weighted by Gasteiger charge is -2.20. The van der Waals surface area contributed by atoms with Crippen molar-refractivity contribution < 1.29 is 0 Å². The van der Waals surface area contributed by atoms with Crippen molar-refractivity contribution in [2.45, 2.75) is 23.6 Å². The van der Waals surface area contributed by atoms with E-state index in [1.54, 1.807) is 6.20 Å². The molecular weight excluding hydrogens is 240 g/mol. The molecule has 1 aliphatic carbocycles. The molecule has 0 spiro atoms. The Morgan fingerprint density at radius 2 is 2.36 bits per heavy atom. The zero-order valence-electron chi connectivity index (χ0n) is 7.86. The minimum atomic E-state index is 0.370. The fourth-order valence-corrected chi connectivity index (χ4v) is 2.40. The average molecular weight is 253 g/mol. The van der Waals surface area contributed by atoms with Gasteiger partial charge in [0.05, 0.1) is 11.4 Å². The summed E-state index contributed by atoms with van der Waals surface area (Å²) in [6.45, 7) is 0. The average Bonchev–Trinajstić information content (AvgIpc) is 2.18. The normalized spacial score (nSPS) is 26.4. The number of nitrogens with two attached hydrogens (primary N) is 1. The van der Waals surface area contributed by atoms with Gasteiger partial charge in [0.25, 0.3) is 0 Å². The monoisotopic (exact) mass is 252 g/mol. The van der Waals surface area contributed by atoms with Gasteiger partial charge in [-0.1, -0.05) is 28.1 Å². The maximum atomic E-state index is 5.89. The SMILES string of the molecule is Nc1cccnc1C1C=CCC(Br)C1. The predicted octanol–water partition coefficient (Wildman–Crippen LogP) is 2.86. The van der Waals surface area contributed by atoms with Crippen LogP contribution in [0.3, 0.4) is 0 Å². The lowest BCUT2D eigenvalue weighted by atomic mass is 9.92. The van der Waals surface area contributed by atoms with Crippen LogP contribution in [0.25, 0.3) is 0 Å². The minimum Gasteiger partial charge on any atom is -0.397 e. The second kappa shape index (κ2) is 4.13. The molecule has 1 aromatic rings. The third kappa shape index (κ3) is 1.98. The third-order valence-corrected chi connectivity index (χ3v) is 3.24. The van der Waals surface area contributed by atoms with E-state index in [4.69, 9.17) is 5.73 Å². The van der Waals surface area contributed by atoms with E-state index in [1.165, 1.54) is 0 Å². The molecule has 0 fully saturated rings. The molecule has 2 nitrogen and oxygen atoms in total. The number of aromatic nitrogens is 1. The van der Waals surface area contributed by atoms with Gasteiger partial charge in [-0.25, -0.2) is 0 Å². The molecule has 0 saturated carbocycles. The summed E-state index contributed by atoms with van der Waals surface area (Å²) in [4.78, 5) is 4.89. The largest absolute Gasteiger partial charge is 0.397 e. The van der Waals surface area contributed by atoms with E-state index in [1.807, 2.05) is 12.1 Å². The fourth-order valence-electron chi connectivity index (χ4n) is 1.78. The standard InChI is InChI=1S/C11H13BrN2/c12-9-4-1-3-8(7-9)11-10(13)5-2-6-14-11/h1-3,5-6,8-9H,4,7,13H2. The van der Waals surface area contributed by atoms with Gasteiger partial charge in [0, 0.05) is 16.9 Å². The highest BCUT2D eigenvalue weighted by Gasteiger charge is 2.19. The second-order valence-electron chi connectivity index (χ2n) is 3.58. The molecule has 2 unspecified atom stereocenters. The van der Waals surface area contributed by atoms with Gasteiger partial charge >= 0.3 is 0 Å². The maximum absolute atomic E-state index is 5.89. The Labute approximate surface area is 92.4 Å². The van der Waals surface area contributed by atoms with Gasteiger partial charge in [-0.2, -0.15) is 0 Å². The number of hydrogen-bond acceptors (Lipinski definition) is 2. The molecule has 3 heteroatoms. The van der Waals surface area contributed by atoms with Crippen LogP contribution in [0.4, 0.5) is 5.69 Å². The maximum Gasteiger partial charge on any atom is 0.0701 e. The zero-order chi connectivity index (χ0) is 9.97. The molecular formula is C11H13BrN2. The second-order valence-corrected chi connectivity index (χ2v) is 4.88. The quantitative estimate of drug-likeness (QED) is 0.617. The number of alkyl halides is 1. The molecule has 74 valence electrons. The topological polar surface area (TPSA) is 38.9 Å². The summed E-state index contributed by atoms with van der Waals surface area (Å²) >= 11 is 3.63. The molecule has 0 aromatic carbocycles. The van der Waals surface area contributed by atoms with E-state index < -0.39 is 0 Å². The first-order valence-corrected chi connectivity index (χ1v) is 5.70. The molecule has 0 amide bonds. The summed E-state index contributed by atoms with van der Waals surface area (Å²) in [5.74, 6) is 0.370. The van der Waals surface area contributed by atoms with Crippen LogP contribution in [0.1, 0.15) is 24.5 Å². The molecule has 2 atom stereocenters. The first kappa shape index (κ1) is 9.71. The van der Waals surface area contributed by atoms with Crippen LogP contribution in [0, 0.1) is 0 Å². The van der Waals surface area contributed by atoms with Gasteiger partial charge in [0.1, 0.15) is 0 Å². The van der Waals surface area contributed by atoms with Crippen LogP contribution in [0.2, 0.25) is 0 Å².